The van der Waals surface area contributed by atoms with Gasteiger partial charge in [-0.3, -0.25) is 9.69 Å². The summed E-state index contributed by atoms with van der Waals surface area (Å²) in [5.74, 6) is 0.0680. The molecule has 0 spiro atoms. The first kappa shape index (κ1) is 19.9. The Morgan fingerprint density at radius 1 is 1.32 bits per heavy atom. The van der Waals surface area contributed by atoms with E-state index in [2.05, 4.69) is 36.2 Å². The highest BCUT2D eigenvalue weighted by atomic mass is 16.5. The number of rotatable bonds is 7. The molecule has 5 nitrogen and oxygen atoms in total. The molecule has 0 aliphatic carbocycles. The van der Waals surface area contributed by atoms with Crippen LogP contribution >= 0.6 is 0 Å². The molecule has 1 fully saturated rings. The van der Waals surface area contributed by atoms with Gasteiger partial charge in [0.05, 0.1) is 19.3 Å². The molecule has 1 amide bonds. The molecule has 1 aliphatic rings. The average Bonchev–Trinajstić information content (AvgIpc) is 2.55. The van der Waals surface area contributed by atoms with E-state index in [1.165, 1.54) is 0 Å². The highest BCUT2D eigenvalue weighted by molar-refractivity contribution is 5.78. The number of ether oxygens (including phenoxy) is 1. The Hall–Kier alpha value is -1.43. The van der Waals surface area contributed by atoms with Gasteiger partial charge in [-0.05, 0) is 36.8 Å². The fourth-order valence-corrected chi connectivity index (χ4v) is 3.10. The van der Waals surface area contributed by atoms with Crippen molar-refractivity contribution in [1.29, 1.82) is 0 Å². The van der Waals surface area contributed by atoms with E-state index in [1.54, 1.807) is 0 Å². The van der Waals surface area contributed by atoms with Crippen molar-refractivity contribution in [2.75, 3.05) is 19.6 Å². The molecule has 0 radical (unpaired) electrons. The number of benzene rings is 1. The number of hydrogen-bond donors (Lipinski definition) is 2. The molecular formula is C20H33N3O2. The van der Waals surface area contributed by atoms with Crippen LogP contribution in [0.15, 0.2) is 24.3 Å². The van der Waals surface area contributed by atoms with Gasteiger partial charge in [-0.15, -0.1) is 0 Å². The van der Waals surface area contributed by atoms with E-state index in [9.17, 15) is 4.79 Å². The van der Waals surface area contributed by atoms with Gasteiger partial charge in [0, 0.05) is 25.7 Å². The van der Waals surface area contributed by atoms with Crippen LogP contribution in [-0.2, 0) is 22.7 Å². The van der Waals surface area contributed by atoms with Crippen molar-refractivity contribution < 1.29 is 9.53 Å². The SMILES string of the molecule is CC(C)OCc1ccc(CNC(=O)CN2CCC(N)C(C)(C)C2)cc1. The summed E-state index contributed by atoms with van der Waals surface area (Å²) in [6.07, 6.45) is 1.17. The summed E-state index contributed by atoms with van der Waals surface area (Å²) >= 11 is 0. The summed E-state index contributed by atoms with van der Waals surface area (Å²) in [7, 11) is 0. The molecule has 1 atom stereocenters. The predicted octanol–water partition coefficient (Wildman–Crippen LogP) is 2.29. The summed E-state index contributed by atoms with van der Waals surface area (Å²) in [6, 6.07) is 8.41. The maximum atomic E-state index is 12.2. The van der Waals surface area contributed by atoms with Gasteiger partial charge in [-0.1, -0.05) is 38.1 Å². The highest BCUT2D eigenvalue weighted by Crippen LogP contribution is 2.27. The number of nitrogens with zero attached hydrogens (tertiary/aromatic N) is 1. The Balaban J connectivity index is 1.74. The lowest BCUT2D eigenvalue weighted by Crippen LogP contribution is -2.54. The molecule has 0 aromatic heterocycles. The predicted molar refractivity (Wildman–Crippen MR) is 101 cm³/mol. The van der Waals surface area contributed by atoms with E-state index in [1.807, 2.05) is 26.0 Å². The Kier molecular flexibility index (Phi) is 6.99. The molecule has 2 rings (SSSR count). The van der Waals surface area contributed by atoms with Crippen molar-refractivity contribution in [3.8, 4) is 0 Å². The van der Waals surface area contributed by atoms with Crippen molar-refractivity contribution in [2.24, 2.45) is 11.1 Å². The number of nitrogens with two attached hydrogens (primary N) is 1. The largest absolute Gasteiger partial charge is 0.374 e. The topological polar surface area (TPSA) is 67.6 Å². The van der Waals surface area contributed by atoms with Crippen LogP contribution in [-0.4, -0.2) is 42.6 Å². The van der Waals surface area contributed by atoms with E-state index in [-0.39, 0.29) is 23.5 Å². The van der Waals surface area contributed by atoms with Crippen LogP contribution in [0.2, 0.25) is 0 Å². The third kappa shape index (κ3) is 6.42. The molecule has 1 aromatic carbocycles. The molecule has 1 aromatic rings. The van der Waals surface area contributed by atoms with Gasteiger partial charge in [-0.2, -0.15) is 0 Å². The van der Waals surface area contributed by atoms with Crippen molar-refractivity contribution in [3.63, 3.8) is 0 Å². The molecule has 0 bridgehead atoms. The van der Waals surface area contributed by atoms with E-state index in [0.29, 0.717) is 19.7 Å². The van der Waals surface area contributed by atoms with E-state index < -0.39 is 0 Å². The molecule has 1 unspecified atom stereocenters. The normalized spacial score (nSPS) is 20.6. The van der Waals surface area contributed by atoms with E-state index in [0.717, 1.165) is 30.6 Å². The fourth-order valence-electron chi connectivity index (χ4n) is 3.10. The van der Waals surface area contributed by atoms with E-state index in [4.69, 9.17) is 10.5 Å². The lowest BCUT2D eigenvalue weighted by molar-refractivity contribution is -0.123. The van der Waals surface area contributed by atoms with Gasteiger partial charge in [-0.25, -0.2) is 0 Å². The zero-order valence-corrected chi connectivity index (χ0v) is 16.0. The first-order valence-electron chi connectivity index (χ1n) is 9.20. The van der Waals surface area contributed by atoms with E-state index >= 15 is 0 Å². The second-order valence-electron chi connectivity index (χ2n) is 8.05. The zero-order chi connectivity index (χ0) is 18.4. The quantitative estimate of drug-likeness (QED) is 0.794. The van der Waals surface area contributed by atoms with Crippen LogP contribution in [0.5, 0.6) is 0 Å². The molecule has 1 heterocycles. The maximum absolute atomic E-state index is 12.2. The summed E-state index contributed by atoms with van der Waals surface area (Å²) < 4.78 is 5.59. The first-order chi connectivity index (χ1) is 11.8. The van der Waals surface area contributed by atoms with Crippen LogP contribution in [0.25, 0.3) is 0 Å². The Morgan fingerprint density at radius 2 is 1.96 bits per heavy atom. The van der Waals surface area contributed by atoms with Crippen LogP contribution < -0.4 is 11.1 Å². The number of nitrogens with one attached hydrogen (secondary N) is 1. The third-order valence-electron chi connectivity index (χ3n) is 4.85. The monoisotopic (exact) mass is 347 g/mol. The van der Waals surface area contributed by atoms with Gasteiger partial charge in [0.25, 0.3) is 0 Å². The fraction of sp³-hybridized carbons (Fsp3) is 0.650. The second kappa shape index (κ2) is 8.79. The lowest BCUT2D eigenvalue weighted by Gasteiger charge is -2.42. The van der Waals surface area contributed by atoms with Gasteiger partial charge < -0.3 is 15.8 Å². The van der Waals surface area contributed by atoms with Crippen LogP contribution in [0.4, 0.5) is 0 Å². The molecule has 3 N–H and O–H groups in total. The third-order valence-corrected chi connectivity index (χ3v) is 4.85. The number of carbonyl (C=O) groups excluding carboxylic acids is 1. The Morgan fingerprint density at radius 3 is 2.56 bits per heavy atom. The van der Waals surface area contributed by atoms with Gasteiger partial charge >= 0.3 is 0 Å². The zero-order valence-electron chi connectivity index (χ0n) is 16.0. The summed E-state index contributed by atoms with van der Waals surface area (Å²) in [5.41, 5.74) is 8.46. The van der Waals surface area contributed by atoms with Crippen molar-refractivity contribution in [2.45, 2.75) is 59.4 Å². The number of likely N-dealkylation sites (tertiary alicyclic amines) is 1. The van der Waals surface area contributed by atoms with Crippen LogP contribution in [0.3, 0.4) is 0 Å². The molecule has 0 saturated carbocycles. The minimum Gasteiger partial charge on any atom is -0.374 e. The minimum absolute atomic E-state index is 0.0619. The maximum Gasteiger partial charge on any atom is 0.234 e. The smallest absolute Gasteiger partial charge is 0.234 e. The lowest BCUT2D eigenvalue weighted by atomic mass is 9.80. The van der Waals surface area contributed by atoms with Crippen molar-refractivity contribution in [3.05, 3.63) is 35.4 Å². The van der Waals surface area contributed by atoms with Gasteiger partial charge in [0.15, 0.2) is 0 Å². The standard InChI is InChI=1S/C20H33N3O2/c1-15(2)25-13-17-7-5-16(6-8-17)11-22-19(24)12-23-10-9-18(21)20(3,4)14-23/h5-8,15,18H,9-14,21H2,1-4H3,(H,22,24). The van der Waals surface area contributed by atoms with Gasteiger partial charge in [0.2, 0.25) is 5.91 Å². The number of carbonyl (C=O) groups is 1. The molecular weight excluding hydrogens is 314 g/mol. The average molecular weight is 348 g/mol. The first-order valence-corrected chi connectivity index (χ1v) is 9.20. The number of hydrogen-bond acceptors (Lipinski definition) is 4. The van der Waals surface area contributed by atoms with Crippen molar-refractivity contribution in [1.82, 2.24) is 10.2 Å². The summed E-state index contributed by atoms with van der Waals surface area (Å²) in [6.45, 7) is 11.8. The Labute approximate surface area is 151 Å². The molecule has 1 aliphatic heterocycles. The minimum atomic E-state index is 0.0619. The van der Waals surface area contributed by atoms with Gasteiger partial charge in [0.1, 0.15) is 0 Å². The van der Waals surface area contributed by atoms with Crippen LogP contribution in [0, 0.1) is 5.41 Å². The number of piperidine rings is 1. The highest BCUT2D eigenvalue weighted by Gasteiger charge is 2.33. The molecule has 5 heteroatoms. The summed E-state index contributed by atoms with van der Waals surface area (Å²) in [4.78, 5) is 14.4. The molecule has 25 heavy (non-hydrogen) atoms. The van der Waals surface area contributed by atoms with Crippen LogP contribution in [0.1, 0.15) is 45.2 Å². The second-order valence-corrected chi connectivity index (χ2v) is 8.05. The molecule has 1 saturated heterocycles. The number of amides is 1. The molecule has 140 valence electrons. The Bertz CT molecular complexity index is 555. The van der Waals surface area contributed by atoms with Crippen molar-refractivity contribution >= 4 is 5.91 Å². The summed E-state index contributed by atoms with van der Waals surface area (Å²) in [5, 5.41) is 3.01.